The summed E-state index contributed by atoms with van der Waals surface area (Å²) in [5.74, 6) is -2.03. The maximum Gasteiger partial charge on any atom is 0.140 e. The molecule has 4 heteroatoms. The standard InChI is InChI=1S/C30H28O4/c31-27-19-9-15-5-1-2-6-16(15)10-20(19)28(32)24-14-26-25(13-23(24)27)29(33)21-11-17-7-3-4-8-18(17)12-22(21)30(26)34/h1-8,19-26H,9-14H2. The minimum Gasteiger partial charge on any atom is -0.299 e. The third-order valence-corrected chi connectivity index (χ3v) is 9.88. The Balaban J connectivity index is 1.21. The molecule has 0 amide bonds. The molecule has 5 aliphatic carbocycles. The molecule has 7 rings (SSSR count). The van der Waals surface area contributed by atoms with E-state index in [1.54, 1.807) is 0 Å². The molecule has 0 spiro atoms. The second kappa shape index (κ2) is 7.31. The van der Waals surface area contributed by atoms with Gasteiger partial charge in [0.05, 0.1) is 0 Å². The van der Waals surface area contributed by atoms with Crippen molar-refractivity contribution in [2.75, 3.05) is 0 Å². The van der Waals surface area contributed by atoms with Gasteiger partial charge in [-0.15, -0.1) is 0 Å². The van der Waals surface area contributed by atoms with E-state index >= 15 is 0 Å². The van der Waals surface area contributed by atoms with Crippen molar-refractivity contribution in [2.24, 2.45) is 47.3 Å². The Morgan fingerprint density at radius 3 is 0.853 bits per heavy atom. The second-order valence-electron chi connectivity index (χ2n) is 11.3. The maximum absolute atomic E-state index is 13.7. The first-order valence-electron chi connectivity index (χ1n) is 12.8. The quantitative estimate of drug-likeness (QED) is 0.612. The summed E-state index contributed by atoms with van der Waals surface area (Å²) >= 11 is 0. The van der Waals surface area contributed by atoms with E-state index in [0.717, 1.165) is 0 Å². The van der Waals surface area contributed by atoms with Gasteiger partial charge in [0, 0.05) is 47.3 Å². The van der Waals surface area contributed by atoms with Gasteiger partial charge in [-0.2, -0.15) is 0 Å². The van der Waals surface area contributed by atoms with Crippen molar-refractivity contribution in [3.63, 3.8) is 0 Å². The SMILES string of the molecule is O=C1C2Cc3ccccc3CC2C(=O)C2CC3C(=O)C4Cc5ccccc5CC4C(=O)C3CC12. The van der Waals surface area contributed by atoms with Crippen LogP contribution >= 0.6 is 0 Å². The Bertz CT molecular complexity index is 1070. The maximum atomic E-state index is 13.7. The summed E-state index contributed by atoms with van der Waals surface area (Å²) in [5, 5.41) is 0. The molecule has 0 radical (unpaired) electrons. The van der Waals surface area contributed by atoms with Crippen molar-refractivity contribution in [2.45, 2.75) is 38.5 Å². The van der Waals surface area contributed by atoms with Gasteiger partial charge in [0.15, 0.2) is 0 Å². The van der Waals surface area contributed by atoms with Crippen LogP contribution in [0.4, 0.5) is 0 Å². The van der Waals surface area contributed by atoms with Gasteiger partial charge in [-0.25, -0.2) is 0 Å². The van der Waals surface area contributed by atoms with Gasteiger partial charge < -0.3 is 0 Å². The highest BCUT2D eigenvalue weighted by Gasteiger charge is 2.59. The molecular formula is C30H28O4. The molecule has 34 heavy (non-hydrogen) atoms. The van der Waals surface area contributed by atoms with Crippen LogP contribution in [0.15, 0.2) is 48.5 Å². The lowest BCUT2D eigenvalue weighted by Crippen LogP contribution is -2.59. The smallest absolute Gasteiger partial charge is 0.140 e. The molecule has 8 unspecified atom stereocenters. The predicted molar refractivity (Wildman–Crippen MR) is 125 cm³/mol. The average molecular weight is 453 g/mol. The summed E-state index contributed by atoms with van der Waals surface area (Å²) < 4.78 is 0. The summed E-state index contributed by atoms with van der Waals surface area (Å²) in [4.78, 5) is 54.8. The fourth-order valence-electron chi connectivity index (χ4n) is 8.19. The normalized spacial score (nSPS) is 38.1. The number of carbonyl (C=O) groups excluding carboxylic acids is 4. The first-order chi connectivity index (χ1) is 16.5. The number of ketones is 4. The molecule has 0 N–H and O–H groups in total. The van der Waals surface area contributed by atoms with Crippen molar-refractivity contribution in [3.8, 4) is 0 Å². The van der Waals surface area contributed by atoms with E-state index in [1.165, 1.54) is 22.3 Å². The second-order valence-corrected chi connectivity index (χ2v) is 11.3. The largest absolute Gasteiger partial charge is 0.299 e. The van der Waals surface area contributed by atoms with E-state index in [4.69, 9.17) is 0 Å². The monoisotopic (exact) mass is 452 g/mol. The molecule has 0 aliphatic heterocycles. The Morgan fingerprint density at radius 2 is 0.618 bits per heavy atom. The molecule has 2 aromatic rings. The molecule has 3 saturated carbocycles. The summed E-state index contributed by atoms with van der Waals surface area (Å²) in [7, 11) is 0. The van der Waals surface area contributed by atoms with Crippen LogP contribution in [-0.2, 0) is 44.9 Å². The van der Waals surface area contributed by atoms with E-state index in [-0.39, 0.29) is 46.8 Å². The topological polar surface area (TPSA) is 68.3 Å². The number of fused-ring (bicyclic) bond motifs is 6. The highest BCUT2D eigenvalue weighted by Crippen LogP contribution is 2.53. The first-order valence-corrected chi connectivity index (χ1v) is 12.8. The van der Waals surface area contributed by atoms with Gasteiger partial charge >= 0.3 is 0 Å². The number of benzene rings is 2. The van der Waals surface area contributed by atoms with Gasteiger partial charge in [0.1, 0.15) is 23.1 Å². The number of rotatable bonds is 0. The van der Waals surface area contributed by atoms with Crippen molar-refractivity contribution in [1.29, 1.82) is 0 Å². The third-order valence-electron chi connectivity index (χ3n) is 9.88. The molecule has 2 aromatic carbocycles. The number of hydrogen-bond donors (Lipinski definition) is 0. The van der Waals surface area contributed by atoms with Crippen LogP contribution in [-0.4, -0.2) is 23.1 Å². The van der Waals surface area contributed by atoms with E-state index in [2.05, 4.69) is 24.3 Å². The van der Waals surface area contributed by atoms with E-state index in [0.29, 0.717) is 38.5 Å². The summed E-state index contributed by atoms with van der Waals surface area (Å²) in [6.45, 7) is 0. The molecule has 0 saturated heterocycles. The van der Waals surface area contributed by atoms with Crippen LogP contribution in [0.1, 0.15) is 35.1 Å². The van der Waals surface area contributed by atoms with E-state index < -0.39 is 23.7 Å². The molecule has 172 valence electrons. The van der Waals surface area contributed by atoms with Crippen LogP contribution in [0.2, 0.25) is 0 Å². The summed E-state index contributed by atoms with van der Waals surface area (Å²) in [6.07, 6.45) is 3.27. The van der Waals surface area contributed by atoms with Crippen LogP contribution in [0.5, 0.6) is 0 Å². The molecule has 0 aromatic heterocycles. The zero-order valence-electron chi connectivity index (χ0n) is 19.1. The van der Waals surface area contributed by atoms with Gasteiger partial charge in [0.25, 0.3) is 0 Å². The van der Waals surface area contributed by atoms with Gasteiger partial charge in [-0.05, 0) is 60.8 Å². The lowest BCUT2D eigenvalue weighted by molar-refractivity contribution is -0.161. The highest BCUT2D eigenvalue weighted by atomic mass is 16.2. The fourth-order valence-corrected chi connectivity index (χ4v) is 8.19. The van der Waals surface area contributed by atoms with Crippen molar-refractivity contribution >= 4 is 23.1 Å². The highest BCUT2D eigenvalue weighted by molar-refractivity contribution is 6.04. The predicted octanol–water partition coefficient (Wildman–Crippen LogP) is 3.61. The lowest BCUT2D eigenvalue weighted by Gasteiger charge is -2.50. The molecule has 5 aliphatic rings. The minimum atomic E-state index is -0.399. The molecule has 0 heterocycles. The Kier molecular flexibility index (Phi) is 4.40. The van der Waals surface area contributed by atoms with Crippen LogP contribution in [0.3, 0.4) is 0 Å². The summed E-state index contributed by atoms with van der Waals surface area (Å²) in [5.41, 5.74) is 4.68. The molecule has 8 atom stereocenters. The first kappa shape index (κ1) is 20.5. The molecular weight excluding hydrogens is 424 g/mol. The van der Waals surface area contributed by atoms with E-state index in [1.807, 2.05) is 24.3 Å². The van der Waals surface area contributed by atoms with Crippen molar-refractivity contribution in [3.05, 3.63) is 70.8 Å². The Labute approximate surface area is 199 Å². The molecule has 4 nitrogen and oxygen atoms in total. The zero-order valence-corrected chi connectivity index (χ0v) is 19.1. The van der Waals surface area contributed by atoms with Crippen molar-refractivity contribution in [1.82, 2.24) is 0 Å². The average Bonchev–Trinajstić information content (AvgIpc) is 2.88. The molecule has 0 bridgehead atoms. The number of hydrogen-bond acceptors (Lipinski definition) is 4. The lowest BCUT2D eigenvalue weighted by atomic mass is 9.50. The van der Waals surface area contributed by atoms with Crippen LogP contribution in [0.25, 0.3) is 0 Å². The fraction of sp³-hybridized carbons (Fsp3) is 0.467. The van der Waals surface area contributed by atoms with Gasteiger partial charge in [-0.1, -0.05) is 48.5 Å². The summed E-state index contributed by atoms with van der Waals surface area (Å²) in [6, 6.07) is 16.2. The van der Waals surface area contributed by atoms with Crippen LogP contribution in [0, 0.1) is 47.3 Å². The zero-order chi connectivity index (χ0) is 23.1. The molecule has 3 fully saturated rings. The van der Waals surface area contributed by atoms with Crippen molar-refractivity contribution < 1.29 is 19.2 Å². The number of Topliss-reactive ketones (excluding diaryl/α,β-unsaturated/α-hetero) is 4. The Hall–Kier alpha value is -2.88. The minimum absolute atomic E-state index is 0.166. The van der Waals surface area contributed by atoms with Gasteiger partial charge in [-0.3, -0.25) is 19.2 Å². The Morgan fingerprint density at radius 1 is 0.382 bits per heavy atom. The number of carbonyl (C=O) groups is 4. The van der Waals surface area contributed by atoms with E-state index in [9.17, 15) is 19.2 Å². The third kappa shape index (κ3) is 2.77. The van der Waals surface area contributed by atoms with Gasteiger partial charge in [0.2, 0.25) is 0 Å². The van der Waals surface area contributed by atoms with Crippen LogP contribution < -0.4 is 0 Å².